The number of nitrogens with one attached hydrogen (secondary N) is 1. The monoisotopic (exact) mass is 438 g/mol. The van der Waals surface area contributed by atoms with Gasteiger partial charge in [0, 0.05) is 24.2 Å². The van der Waals surface area contributed by atoms with Crippen molar-refractivity contribution in [3.8, 4) is 0 Å². The average molecular weight is 439 g/mol. The van der Waals surface area contributed by atoms with Gasteiger partial charge in [-0.15, -0.1) is 0 Å². The van der Waals surface area contributed by atoms with E-state index >= 15 is 0 Å². The largest absolute Gasteiger partial charge is 0.352 e. The van der Waals surface area contributed by atoms with Gasteiger partial charge in [0.1, 0.15) is 0 Å². The summed E-state index contributed by atoms with van der Waals surface area (Å²) in [7, 11) is 0. The molecule has 1 N–H and O–H groups in total. The third-order valence-corrected chi connectivity index (χ3v) is 7.43. The highest BCUT2D eigenvalue weighted by molar-refractivity contribution is 6.30. The molecule has 1 aliphatic carbocycles. The predicted molar refractivity (Wildman–Crippen MR) is 128 cm³/mol. The predicted octanol–water partition coefficient (Wildman–Crippen LogP) is 5.54. The van der Waals surface area contributed by atoms with Gasteiger partial charge in [0.2, 0.25) is 5.91 Å². The SMILES string of the molecule is CC(C)C(C(=O)NC1CCC2CN(CCCc3cccc(Cl)c3)C[C@@H]21)c1ccccc1. The fourth-order valence-electron chi connectivity index (χ4n) is 5.69. The molecule has 1 saturated carbocycles. The number of hydrogen-bond donors (Lipinski definition) is 1. The topological polar surface area (TPSA) is 32.3 Å². The zero-order chi connectivity index (χ0) is 21.8. The number of aryl methyl sites for hydroxylation is 1. The number of hydrogen-bond acceptors (Lipinski definition) is 2. The maximum absolute atomic E-state index is 13.2. The first-order valence-electron chi connectivity index (χ1n) is 11.8. The Labute approximate surface area is 192 Å². The zero-order valence-corrected chi connectivity index (χ0v) is 19.5. The van der Waals surface area contributed by atoms with Gasteiger partial charge in [-0.2, -0.15) is 0 Å². The molecule has 1 saturated heterocycles. The van der Waals surface area contributed by atoms with E-state index < -0.39 is 0 Å². The first kappa shape index (κ1) is 22.4. The van der Waals surface area contributed by atoms with E-state index in [1.807, 2.05) is 30.3 Å². The van der Waals surface area contributed by atoms with Crippen molar-refractivity contribution in [2.75, 3.05) is 19.6 Å². The standard InChI is InChI=1S/C27H35ClN2O/c1-19(2)26(21-10-4-3-5-11-21)27(31)29-25-14-13-22-17-30(18-24(22)25)15-7-9-20-8-6-12-23(28)16-20/h3-6,8,10-12,16,19,22,24-26H,7,9,13-15,17-18H2,1-2H3,(H,29,31)/t22?,24-,25?,26?/m0/s1. The number of nitrogens with zero attached hydrogens (tertiary/aromatic N) is 1. The number of halogens is 1. The summed E-state index contributed by atoms with van der Waals surface area (Å²) >= 11 is 6.11. The Morgan fingerprint density at radius 3 is 2.65 bits per heavy atom. The van der Waals surface area contributed by atoms with Crippen molar-refractivity contribution in [1.29, 1.82) is 0 Å². The first-order valence-corrected chi connectivity index (χ1v) is 12.2. The van der Waals surface area contributed by atoms with Crippen LogP contribution in [0.1, 0.15) is 50.2 Å². The summed E-state index contributed by atoms with van der Waals surface area (Å²) in [6.45, 7) is 7.71. The lowest BCUT2D eigenvalue weighted by atomic mass is 9.87. The highest BCUT2D eigenvalue weighted by atomic mass is 35.5. The molecule has 0 aromatic heterocycles. The second-order valence-electron chi connectivity index (χ2n) is 9.74. The third-order valence-electron chi connectivity index (χ3n) is 7.20. The van der Waals surface area contributed by atoms with Crippen LogP contribution in [0.5, 0.6) is 0 Å². The van der Waals surface area contributed by atoms with E-state index in [-0.39, 0.29) is 17.7 Å². The van der Waals surface area contributed by atoms with Crippen LogP contribution in [0.3, 0.4) is 0 Å². The van der Waals surface area contributed by atoms with Crippen LogP contribution in [0, 0.1) is 17.8 Å². The Bertz CT molecular complexity index is 869. The number of carbonyl (C=O) groups excluding carboxylic acids is 1. The number of amides is 1. The van der Waals surface area contributed by atoms with Gasteiger partial charge in [-0.1, -0.05) is 67.9 Å². The Morgan fingerprint density at radius 2 is 1.90 bits per heavy atom. The number of rotatable bonds is 8. The van der Waals surface area contributed by atoms with Crippen molar-refractivity contribution in [2.45, 2.75) is 51.5 Å². The van der Waals surface area contributed by atoms with E-state index in [0.717, 1.165) is 48.9 Å². The molecule has 1 heterocycles. The third kappa shape index (κ3) is 5.51. The van der Waals surface area contributed by atoms with Crippen LogP contribution < -0.4 is 5.32 Å². The zero-order valence-electron chi connectivity index (χ0n) is 18.8. The average Bonchev–Trinajstić information content (AvgIpc) is 3.30. The van der Waals surface area contributed by atoms with Crippen LogP contribution >= 0.6 is 11.6 Å². The Morgan fingerprint density at radius 1 is 1.10 bits per heavy atom. The van der Waals surface area contributed by atoms with E-state index in [1.165, 1.54) is 18.5 Å². The van der Waals surface area contributed by atoms with E-state index in [1.54, 1.807) is 0 Å². The minimum Gasteiger partial charge on any atom is -0.352 e. The van der Waals surface area contributed by atoms with E-state index in [9.17, 15) is 4.79 Å². The summed E-state index contributed by atoms with van der Waals surface area (Å²) in [6, 6.07) is 18.8. The Hall–Kier alpha value is -1.84. The maximum atomic E-state index is 13.2. The van der Waals surface area contributed by atoms with Gasteiger partial charge in [0.05, 0.1) is 5.92 Å². The molecule has 0 radical (unpaired) electrons. The van der Waals surface area contributed by atoms with Gasteiger partial charge in [0.25, 0.3) is 0 Å². The van der Waals surface area contributed by atoms with Crippen molar-refractivity contribution < 1.29 is 4.79 Å². The number of likely N-dealkylation sites (tertiary alicyclic amines) is 1. The molecule has 1 aliphatic heterocycles. The molecule has 1 amide bonds. The van der Waals surface area contributed by atoms with Gasteiger partial charge >= 0.3 is 0 Å². The molecule has 2 aliphatic rings. The highest BCUT2D eigenvalue weighted by Gasteiger charge is 2.43. The maximum Gasteiger partial charge on any atom is 0.228 e. The molecule has 4 heteroatoms. The van der Waals surface area contributed by atoms with Crippen LogP contribution in [0.25, 0.3) is 0 Å². The lowest BCUT2D eigenvalue weighted by molar-refractivity contribution is -0.124. The molecule has 0 bridgehead atoms. The quantitative estimate of drug-likeness (QED) is 0.586. The molecule has 2 aromatic rings. The van der Waals surface area contributed by atoms with Crippen LogP contribution in [-0.2, 0) is 11.2 Å². The van der Waals surface area contributed by atoms with Gasteiger partial charge in [0.15, 0.2) is 0 Å². The van der Waals surface area contributed by atoms with Crippen LogP contribution in [0.2, 0.25) is 5.02 Å². The van der Waals surface area contributed by atoms with Gasteiger partial charge in [-0.3, -0.25) is 4.79 Å². The van der Waals surface area contributed by atoms with Gasteiger partial charge in [-0.25, -0.2) is 0 Å². The molecule has 2 aromatic carbocycles. The van der Waals surface area contributed by atoms with E-state index in [4.69, 9.17) is 11.6 Å². The molecule has 2 fully saturated rings. The van der Waals surface area contributed by atoms with Gasteiger partial charge < -0.3 is 10.2 Å². The summed E-state index contributed by atoms with van der Waals surface area (Å²) in [5, 5.41) is 4.28. The molecule has 4 atom stereocenters. The Balaban J connectivity index is 1.30. The molecule has 166 valence electrons. The number of fused-ring (bicyclic) bond motifs is 1. The first-order chi connectivity index (χ1) is 15.0. The molecule has 4 rings (SSSR count). The molecule has 0 spiro atoms. The lowest BCUT2D eigenvalue weighted by Gasteiger charge is -2.26. The van der Waals surface area contributed by atoms with Crippen LogP contribution in [0.4, 0.5) is 0 Å². The molecule has 3 unspecified atom stereocenters. The molecular formula is C27H35ClN2O. The number of carbonyl (C=O) groups is 1. The summed E-state index contributed by atoms with van der Waals surface area (Å²) in [5.41, 5.74) is 2.44. The van der Waals surface area contributed by atoms with Gasteiger partial charge in [-0.05, 0) is 73.2 Å². The summed E-state index contributed by atoms with van der Waals surface area (Å²) in [5.74, 6) is 1.73. The minimum atomic E-state index is -0.0737. The summed E-state index contributed by atoms with van der Waals surface area (Å²) in [6.07, 6.45) is 4.58. The van der Waals surface area contributed by atoms with Crippen molar-refractivity contribution >= 4 is 17.5 Å². The molecule has 31 heavy (non-hydrogen) atoms. The second kappa shape index (κ2) is 10.2. The van der Waals surface area contributed by atoms with Crippen molar-refractivity contribution in [1.82, 2.24) is 10.2 Å². The van der Waals surface area contributed by atoms with E-state index in [2.05, 4.69) is 48.3 Å². The smallest absolute Gasteiger partial charge is 0.228 e. The minimum absolute atomic E-state index is 0.0737. The second-order valence-corrected chi connectivity index (χ2v) is 10.2. The summed E-state index contributed by atoms with van der Waals surface area (Å²) in [4.78, 5) is 15.8. The van der Waals surface area contributed by atoms with Crippen LogP contribution in [-0.4, -0.2) is 36.5 Å². The van der Waals surface area contributed by atoms with Crippen molar-refractivity contribution in [3.05, 3.63) is 70.7 Å². The van der Waals surface area contributed by atoms with E-state index in [0.29, 0.717) is 12.0 Å². The lowest BCUT2D eigenvalue weighted by Crippen LogP contribution is -2.43. The van der Waals surface area contributed by atoms with Crippen molar-refractivity contribution in [3.63, 3.8) is 0 Å². The normalized spacial score (nSPS) is 24.3. The molecular weight excluding hydrogens is 404 g/mol. The fourth-order valence-corrected chi connectivity index (χ4v) is 5.90. The number of benzene rings is 2. The summed E-state index contributed by atoms with van der Waals surface area (Å²) < 4.78 is 0. The van der Waals surface area contributed by atoms with Crippen molar-refractivity contribution in [2.24, 2.45) is 17.8 Å². The Kier molecular flexibility index (Phi) is 7.35. The van der Waals surface area contributed by atoms with Crippen LogP contribution in [0.15, 0.2) is 54.6 Å². The molecule has 3 nitrogen and oxygen atoms in total. The highest BCUT2D eigenvalue weighted by Crippen LogP contribution is 2.39. The fraction of sp³-hybridized carbons (Fsp3) is 0.519.